The molecule has 72 valence electrons. The van der Waals surface area contributed by atoms with Gasteiger partial charge in [0.2, 0.25) is 0 Å². The van der Waals surface area contributed by atoms with Crippen molar-refractivity contribution in [2.75, 3.05) is 0 Å². The first-order chi connectivity index (χ1) is 6.63. The molecule has 1 N–H and O–H groups in total. The van der Waals surface area contributed by atoms with Crippen molar-refractivity contribution in [3.8, 4) is 0 Å². The zero-order chi connectivity index (χ0) is 10.3. The molecule has 2 rings (SSSR count). The highest BCUT2D eigenvalue weighted by atomic mass is 32.1. The number of nitrogens with one attached hydrogen (secondary N) is 1. The fraction of sp³-hybridized carbons (Fsp3) is 0.100. The average Bonchev–Trinajstić information content (AvgIpc) is 2.59. The summed E-state index contributed by atoms with van der Waals surface area (Å²) in [5, 5.41) is -0.260. The standard InChI is InChI=1S/C10H8FNOS/c1-3-6-9(5(2)13)12-7-4-8(11)14-10(6)7/h3-4,12H,1H2,2H3. The smallest absolute Gasteiger partial charge is 0.179 e. The fourth-order valence-electron chi connectivity index (χ4n) is 1.44. The Hall–Kier alpha value is -1.42. The van der Waals surface area contributed by atoms with Gasteiger partial charge in [0.05, 0.1) is 15.9 Å². The molecule has 0 aromatic carbocycles. The third kappa shape index (κ3) is 1.19. The number of aromatic nitrogens is 1. The summed E-state index contributed by atoms with van der Waals surface area (Å²) < 4.78 is 13.6. The first-order valence-electron chi connectivity index (χ1n) is 4.08. The lowest BCUT2D eigenvalue weighted by Gasteiger charge is -1.92. The summed E-state index contributed by atoms with van der Waals surface area (Å²) in [5.41, 5.74) is 1.86. The summed E-state index contributed by atoms with van der Waals surface area (Å²) in [6.07, 6.45) is 1.57. The Morgan fingerprint density at radius 1 is 1.71 bits per heavy atom. The summed E-state index contributed by atoms with van der Waals surface area (Å²) in [6.45, 7) is 5.09. The maximum absolute atomic E-state index is 12.9. The highest BCUT2D eigenvalue weighted by Crippen LogP contribution is 2.30. The maximum atomic E-state index is 12.9. The Morgan fingerprint density at radius 2 is 2.43 bits per heavy atom. The van der Waals surface area contributed by atoms with Gasteiger partial charge in [0.15, 0.2) is 10.9 Å². The molecule has 0 aliphatic carbocycles. The molecule has 14 heavy (non-hydrogen) atoms. The minimum Gasteiger partial charge on any atom is -0.351 e. The molecule has 2 nitrogen and oxygen atoms in total. The molecule has 0 spiro atoms. The van der Waals surface area contributed by atoms with Crippen LogP contribution in [0, 0.1) is 5.13 Å². The normalized spacial score (nSPS) is 10.7. The molecule has 2 aromatic heterocycles. The predicted octanol–water partition coefficient (Wildman–Crippen LogP) is 3.21. The van der Waals surface area contributed by atoms with E-state index in [1.165, 1.54) is 13.0 Å². The quantitative estimate of drug-likeness (QED) is 0.757. The summed E-state index contributed by atoms with van der Waals surface area (Å²) in [6, 6.07) is 1.39. The number of Topliss-reactive ketones (excluding diaryl/α,β-unsaturated/α-hetero) is 1. The van der Waals surface area contributed by atoms with Crippen molar-refractivity contribution in [3.05, 3.63) is 29.0 Å². The molecule has 0 aliphatic rings. The van der Waals surface area contributed by atoms with Crippen LogP contribution in [-0.2, 0) is 0 Å². The second kappa shape index (κ2) is 3.06. The molecule has 0 saturated carbocycles. The van der Waals surface area contributed by atoms with Crippen molar-refractivity contribution < 1.29 is 9.18 Å². The Kier molecular flexibility index (Phi) is 2.00. The minimum absolute atomic E-state index is 0.0660. The van der Waals surface area contributed by atoms with E-state index in [1.807, 2.05) is 0 Å². The van der Waals surface area contributed by atoms with E-state index in [1.54, 1.807) is 6.08 Å². The predicted molar refractivity (Wildman–Crippen MR) is 56.2 cm³/mol. The van der Waals surface area contributed by atoms with E-state index in [-0.39, 0.29) is 10.9 Å². The van der Waals surface area contributed by atoms with Crippen LogP contribution in [0.5, 0.6) is 0 Å². The van der Waals surface area contributed by atoms with Gasteiger partial charge >= 0.3 is 0 Å². The van der Waals surface area contributed by atoms with Crippen LogP contribution in [0.1, 0.15) is 23.0 Å². The third-order valence-electron chi connectivity index (χ3n) is 2.03. The van der Waals surface area contributed by atoms with Crippen molar-refractivity contribution in [1.82, 2.24) is 4.98 Å². The molecule has 0 saturated heterocycles. The number of carbonyl (C=O) groups excluding carboxylic acids is 1. The van der Waals surface area contributed by atoms with Crippen LogP contribution >= 0.6 is 11.3 Å². The zero-order valence-corrected chi connectivity index (χ0v) is 8.37. The molecule has 0 atom stereocenters. The van der Waals surface area contributed by atoms with Crippen LogP contribution in [-0.4, -0.2) is 10.8 Å². The van der Waals surface area contributed by atoms with Gasteiger partial charge in [-0.05, 0) is 0 Å². The first-order valence-corrected chi connectivity index (χ1v) is 4.89. The lowest BCUT2D eigenvalue weighted by molar-refractivity contribution is 0.101. The van der Waals surface area contributed by atoms with E-state index >= 15 is 0 Å². The number of carbonyl (C=O) groups is 1. The number of hydrogen-bond donors (Lipinski definition) is 1. The van der Waals surface area contributed by atoms with Crippen molar-refractivity contribution in [2.24, 2.45) is 0 Å². The van der Waals surface area contributed by atoms with Crippen LogP contribution < -0.4 is 0 Å². The number of thiophene rings is 1. The number of H-pyrrole nitrogens is 1. The SMILES string of the molecule is C=Cc1c(C(C)=O)[nH]c2cc(F)sc12. The van der Waals surface area contributed by atoms with Gasteiger partial charge in [-0.2, -0.15) is 4.39 Å². The van der Waals surface area contributed by atoms with E-state index in [2.05, 4.69) is 11.6 Å². The number of rotatable bonds is 2. The van der Waals surface area contributed by atoms with Crippen molar-refractivity contribution in [2.45, 2.75) is 6.92 Å². The fourth-order valence-corrected chi connectivity index (χ4v) is 2.33. The van der Waals surface area contributed by atoms with Gasteiger partial charge in [0.25, 0.3) is 0 Å². The molecule has 0 amide bonds. The van der Waals surface area contributed by atoms with Crippen LogP contribution in [0.3, 0.4) is 0 Å². The summed E-state index contributed by atoms with van der Waals surface area (Å²) in [7, 11) is 0. The molecule has 0 fully saturated rings. The zero-order valence-electron chi connectivity index (χ0n) is 7.56. The van der Waals surface area contributed by atoms with Crippen molar-refractivity contribution in [1.29, 1.82) is 0 Å². The number of hydrogen-bond acceptors (Lipinski definition) is 2. The van der Waals surface area contributed by atoms with E-state index < -0.39 is 0 Å². The number of ketones is 1. The van der Waals surface area contributed by atoms with Gasteiger partial charge in [-0.1, -0.05) is 12.7 Å². The average molecular weight is 209 g/mol. The van der Waals surface area contributed by atoms with Crippen LogP contribution in [0.4, 0.5) is 4.39 Å². The molecule has 4 heteroatoms. The second-order valence-electron chi connectivity index (χ2n) is 2.97. The molecule has 0 unspecified atom stereocenters. The number of aromatic amines is 1. The molecule has 0 aliphatic heterocycles. The first kappa shape index (κ1) is 9.15. The molecular formula is C10H8FNOS. The molecule has 0 radical (unpaired) electrons. The Bertz CT molecular complexity index is 523. The Labute approximate surface area is 84.1 Å². The van der Waals surface area contributed by atoms with Gasteiger partial charge in [0.1, 0.15) is 0 Å². The topological polar surface area (TPSA) is 32.9 Å². The summed E-state index contributed by atoms with van der Waals surface area (Å²) in [5.74, 6) is -0.0660. The molecule has 2 heterocycles. The van der Waals surface area contributed by atoms with Crippen molar-refractivity contribution >= 4 is 33.4 Å². The van der Waals surface area contributed by atoms with E-state index in [4.69, 9.17) is 0 Å². The van der Waals surface area contributed by atoms with Gasteiger partial charge < -0.3 is 4.98 Å². The van der Waals surface area contributed by atoms with E-state index in [9.17, 15) is 9.18 Å². The van der Waals surface area contributed by atoms with E-state index in [0.717, 1.165) is 16.0 Å². The maximum Gasteiger partial charge on any atom is 0.179 e. The van der Waals surface area contributed by atoms with Gasteiger partial charge in [0, 0.05) is 18.6 Å². The minimum atomic E-state index is -0.260. The van der Waals surface area contributed by atoms with Gasteiger partial charge in [-0.15, -0.1) is 11.3 Å². The second-order valence-corrected chi connectivity index (χ2v) is 3.97. The summed E-state index contributed by atoms with van der Waals surface area (Å²) in [4.78, 5) is 14.1. The Morgan fingerprint density at radius 3 is 3.00 bits per heavy atom. The molecule has 2 aromatic rings. The lowest BCUT2D eigenvalue weighted by Crippen LogP contribution is -1.94. The van der Waals surface area contributed by atoms with Crippen LogP contribution in [0.2, 0.25) is 0 Å². The van der Waals surface area contributed by atoms with Gasteiger partial charge in [-0.3, -0.25) is 4.79 Å². The monoisotopic (exact) mass is 209 g/mol. The largest absolute Gasteiger partial charge is 0.351 e. The van der Waals surface area contributed by atoms with Crippen LogP contribution in [0.15, 0.2) is 12.6 Å². The molecular weight excluding hydrogens is 201 g/mol. The van der Waals surface area contributed by atoms with Crippen molar-refractivity contribution in [3.63, 3.8) is 0 Å². The number of halogens is 1. The highest BCUT2D eigenvalue weighted by Gasteiger charge is 2.14. The highest BCUT2D eigenvalue weighted by molar-refractivity contribution is 7.17. The summed E-state index contributed by atoms with van der Waals surface area (Å²) >= 11 is 1.02. The lowest BCUT2D eigenvalue weighted by atomic mass is 10.2. The van der Waals surface area contributed by atoms with Crippen LogP contribution in [0.25, 0.3) is 16.3 Å². The molecule has 0 bridgehead atoms. The number of fused-ring (bicyclic) bond motifs is 1. The third-order valence-corrected chi connectivity index (χ3v) is 2.99. The van der Waals surface area contributed by atoms with E-state index in [0.29, 0.717) is 16.8 Å². The van der Waals surface area contributed by atoms with Gasteiger partial charge in [-0.25, -0.2) is 0 Å². The Balaban J connectivity index is 2.81.